The topological polar surface area (TPSA) is 99.7 Å². The molecule has 0 amide bonds. The van der Waals surface area contributed by atoms with E-state index in [1.54, 1.807) is 42.9 Å². The summed E-state index contributed by atoms with van der Waals surface area (Å²) < 4.78 is 1.54. The van der Waals surface area contributed by atoms with E-state index in [4.69, 9.17) is 40.5 Å². The average molecular weight is 483 g/mol. The number of nitrogens with one attached hydrogen (secondary N) is 1. The van der Waals surface area contributed by atoms with Crippen molar-refractivity contribution >= 4 is 68.4 Å². The first-order chi connectivity index (χ1) is 14.2. The number of nitrogens with zero attached hydrogens (tertiary/aromatic N) is 3. The Balaban J connectivity index is 1.76. The molecule has 0 bridgehead atoms. The van der Waals surface area contributed by atoms with Crippen molar-refractivity contribution in [2.45, 2.75) is 6.92 Å². The minimum atomic E-state index is -0.990. The second-order valence-electron chi connectivity index (χ2n) is 6.22. The molecule has 0 saturated heterocycles. The van der Waals surface area contributed by atoms with Crippen LogP contribution in [0.25, 0.3) is 11.3 Å². The first-order valence-corrected chi connectivity index (χ1v) is 10.5. The van der Waals surface area contributed by atoms with Gasteiger partial charge >= 0.3 is 5.97 Å². The highest BCUT2D eigenvalue weighted by molar-refractivity contribution is 7.80. The number of carboxylic acids is 1. The van der Waals surface area contributed by atoms with Gasteiger partial charge < -0.3 is 15.5 Å². The van der Waals surface area contributed by atoms with Crippen LogP contribution in [0.5, 0.6) is 5.75 Å². The number of carboxylic acid groups (broad SMARTS) is 1. The summed E-state index contributed by atoms with van der Waals surface area (Å²) in [6, 6.07) is 8.19. The van der Waals surface area contributed by atoms with E-state index in [2.05, 4.69) is 15.4 Å². The van der Waals surface area contributed by atoms with Crippen LogP contribution in [-0.4, -0.2) is 43.2 Å². The van der Waals surface area contributed by atoms with Gasteiger partial charge in [0.25, 0.3) is 0 Å². The van der Waals surface area contributed by atoms with E-state index in [1.165, 1.54) is 6.07 Å². The van der Waals surface area contributed by atoms with E-state index in [0.29, 0.717) is 42.7 Å². The highest BCUT2D eigenvalue weighted by Crippen LogP contribution is 2.35. The minimum absolute atomic E-state index is 0.0274. The lowest BCUT2D eigenvalue weighted by Gasteiger charge is -2.05. The zero-order valence-electron chi connectivity index (χ0n) is 15.8. The number of benzene rings is 1. The first-order valence-electron chi connectivity index (χ1n) is 8.53. The van der Waals surface area contributed by atoms with Crippen molar-refractivity contribution in [1.29, 1.82) is 0 Å². The smallest absolute Gasteiger partial charge is 0.345 e. The number of aryl methyl sites for hydroxylation is 1. The Morgan fingerprint density at radius 2 is 2.03 bits per heavy atom. The molecule has 3 rings (SSSR count). The number of thiocarbonyl (C=S) groups is 1. The largest absolute Gasteiger partial charge is 0.504 e. The Morgan fingerprint density at radius 3 is 2.67 bits per heavy atom. The van der Waals surface area contributed by atoms with E-state index < -0.39 is 5.97 Å². The van der Waals surface area contributed by atoms with Crippen molar-refractivity contribution in [3.63, 3.8) is 0 Å². The fraction of sp³-hybridized carbons (Fsp3) is 0.158. The molecule has 0 radical (unpaired) electrons. The second kappa shape index (κ2) is 9.13. The summed E-state index contributed by atoms with van der Waals surface area (Å²) in [5, 5.41) is 28.4. The molecule has 0 atom stereocenters. The van der Waals surface area contributed by atoms with E-state index in [-0.39, 0.29) is 17.2 Å². The van der Waals surface area contributed by atoms with E-state index >= 15 is 0 Å². The molecule has 0 aliphatic heterocycles. The fourth-order valence-electron chi connectivity index (χ4n) is 2.69. The van der Waals surface area contributed by atoms with Crippen LogP contribution in [0.15, 0.2) is 35.3 Å². The number of thiophene rings is 1. The molecule has 0 unspecified atom stereocenters. The molecule has 0 aliphatic carbocycles. The van der Waals surface area contributed by atoms with Gasteiger partial charge in [0.15, 0.2) is 5.75 Å². The van der Waals surface area contributed by atoms with Crippen LogP contribution in [-0.2, 0) is 7.05 Å². The molecule has 156 valence electrons. The van der Waals surface area contributed by atoms with Crippen molar-refractivity contribution in [1.82, 2.24) is 9.78 Å². The Hall–Kier alpha value is -2.46. The van der Waals surface area contributed by atoms with Crippen molar-refractivity contribution < 1.29 is 15.0 Å². The Labute approximate surface area is 191 Å². The molecule has 0 spiro atoms. The predicted octanol–water partition coefficient (Wildman–Crippen LogP) is 5.11. The van der Waals surface area contributed by atoms with Gasteiger partial charge in [-0.1, -0.05) is 41.5 Å². The number of aromatic nitrogens is 2. The number of aliphatic imine (C=N–C) groups is 1. The van der Waals surface area contributed by atoms with Gasteiger partial charge in [-0.2, -0.15) is 5.10 Å². The number of anilines is 1. The van der Waals surface area contributed by atoms with Crippen LogP contribution in [0.4, 0.5) is 5.00 Å². The molecular formula is C19H16Cl2N4O3S2. The first kappa shape index (κ1) is 22.2. The third-order valence-corrected chi connectivity index (χ3v) is 6.06. The highest BCUT2D eigenvalue weighted by atomic mass is 35.5. The molecule has 1 aromatic carbocycles. The van der Waals surface area contributed by atoms with Gasteiger partial charge in [-0.15, -0.1) is 11.3 Å². The van der Waals surface area contributed by atoms with Gasteiger partial charge in [-0.25, -0.2) is 4.79 Å². The van der Waals surface area contributed by atoms with E-state index in [1.807, 2.05) is 0 Å². The normalized spacial score (nSPS) is 11.5. The maximum Gasteiger partial charge on any atom is 0.345 e. The SMILES string of the molecule is CC(=NCC(=S)Nc1ccc(C(=O)O)s1)c1nn(C)c(-c2ccc(Cl)c(Cl)c2)c1O. The summed E-state index contributed by atoms with van der Waals surface area (Å²) in [5.74, 6) is -1.02. The molecule has 0 fully saturated rings. The van der Waals surface area contributed by atoms with Crippen LogP contribution >= 0.6 is 46.8 Å². The van der Waals surface area contributed by atoms with Crippen LogP contribution in [0.2, 0.25) is 10.0 Å². The van der Waals surface area contributed by atoms with Crippen LogP contribution in [0.3, 0.4) is 0 Å². The molecular weight excluding hydrogens is 467 g/mol. The quantitative estimate of drug-likeness (QED) is 0.333. The fourth-order valence-corrected chi connectivity index (χ4v) is 3.99. The Kier molecular flexibility index (Phi) is 6.77. The van der Waals surface area contributed by atoms with Gasteiger partial charge in [0, 0.05) is 12.6 Å². The van der Waals surface area contributed by atoms with Crippen molar-refractivity contribution in [3.05, 3.63) is 50.9 Å². The summed E-state index contributed by atoms with van der Waals surface area (Å²) in [6.45, 7) is 1.87. The minimum Gasteiger partial charge on any atom is -0.504 e. The van der Waals surface area contributed by atoms with E-state index in [9.17, 15) is 9.90 Å². The molecule has 30 heavy (non-hydrogen) atoms. The maximum atomic E-state index is 11.0. The maximum absolute atomic E-state index is 11.0. The molecule has 2 heterocycles. The van der Waals surface area contributed by atoms with Crippen molar-refractivity contribution in [3.8, 4) is 17.0 Å². The molecule has 7 nitrogen and oxygen atoms in total. The van der Waals surface area contributed by atoms with Crippen LogP contribution < -0.4 is 5.32 Å². The van der Waals surface area contributed by atoms with Gasteiger partial charge in [0.1, 0.15) is 21.3 Å². The lowest BCUT2D eigenvalue weighted by atomic mass is 10.1. The lowest BCUT2D eigenvalue weighted by molar-refractivity contribution is 0.0702. The number of rotatable bonds is 6. The Morgan fingerprint density at radius 1 is 1.30 bits per heavy atom. The zero-order chi connectivity index (χ0) is 22.0. The number of carbonyl (C=O) groups is 1. The van der Waals surface area contributed by atoms with Gasteiger partial charge in [-0.3, -0.25) is 9.67 Å². The molecule has 11 heteroatoms. The van der Waals surface area contributed by atoms with Gasteiger partial charge in [0.05, 0.1) is 27.3 Å². The predicted molar refractivity (Wildman–Crippen MR) is 125 cm³/mol. The summed E-state index contributed by atoms with van der Waals surface area (Å²) in [7, 11) is 1.71. The van der Waals surface area contributed by atoms with Crippen LogP contribution in [0.1, 0.15) is 22.3 Å². The van der Waals surface area contributed by atoms with Crippen LogP contribution in [0, 0.1) is 0 Å². The third-order valence-electron chi connectivity index (χ3n) is 4.10. The number of hydrogen-bond donors (Lipinski definition) is 3. The molecule has 3 N–H and O–H groups in total. The Bertz CT molecular complexity index is 1170. The van der Waals surface area contributed by atoms with Gasteiger partial charge in [-0.05, 0) is 31.2 Å². The van der Waals surface area contributed by atoms with Crippen molar-refractivity contribution in [2.75, 3.05) is 11.9 Å². The number of aromatic hydroxyl groups is 1. The monoisotopic (exact) mass is 482 g/mol. The number of aromatic carboxylic acids is 1. The summed E-state index contributed by atoms with van der Waals surface area (Å²) in [5.41, 5.74) is 1.97. The summed E-state index contributed by atoms with van der Waals surface area (Å²) in [6.07, 6.45) is 0. The number of hydrogen-bond acceptors (Lipinski definition) is 6. The summed E-state index contributed by atoms with van der Waals surface area (Å²) >= 11 is 18.4. The average Bonchev–Trinajstić information content (AvgIpc) is 3.26. The molecule has 0 aliphatic rings. The molecule has 3 aromatic rings. The molecule has 0 saturated carbocycles. The zero-order valence-corrected chi connectivity index (χ0v) is 19.0. The van der Waals surface area contributed by atoms with E-state index in [0.717, 1.165) is 11.3 Å². The third kappa shape index (κ3) is 4.81. The second-order valence-corrected chi connectivity index (χ2v) is 8.61. The lowest BCUT2D eigenvalue weighted by Crippen LogP contribution is -2.13. The van der Waals surface area contributed by atoms with Gasteiger partial charge in [0.2, 0.25) is 0 Å². The molecule has 2 aromatic heterocycles. The standard InChI is InChI=1S/C19H16Cl2N4O3S2/c1-9(22-8-14(29)23-15-6-5-13(30-15)19(27)28)16-18(26)17(25(2)24-16)10-3-4-11(20)12(21)7-10/h3-7,26H,8H2,1-2H3,(H,23,29)(H,27,28). The van der Waals surface area contributed by atoms with Crippen molar-refractivity contribution in [2.24, 2.45) is 12.0 Å². The summed E-state index contributed by atoms with van der Waals surface area (Å²) in [4.78, 5) is 16.0. The number of halogens is 2. The highest BCUT2D eigenvalue weighted by Gasteiger charge is 2.19.